The maximum Gasteiger partial charge on any atom is 0.259 e. The van der Waals surface area contributed by atoms with Crippen molar-refractivity contribution in [3.63, 3.8) is 0 Å². The van der Waals surface area contributed by atoms with E-state index in [0.717, 1.165) is 12.1 Å². The van der Waals surface area contributed by atoms with E-state index < -0.39 is 23.4 Å². The molecule has 114 valence electrons. The Kier molecular flexibility index (Phi) is 4.36. The number of nitrogens with one attached hydrogen (secondary N) is 1. The van der Waals surface area contributed by atoms with E-state index in [9.17, 15) is 18.4 Å². The molecule has 0 unspecified atom stereocenters. The van der Waals surface area contributed by atoms with Crippen LogP contribution in [0.1, 0.15) is 20.7 Å². The summed E-state index contributed by atoms with van der Waals surface area (Å²) in [6.07, 6.45) is 0. The fourth-order valence-electron chi connectivity index (χ4n) is 1.82. The minimum absolute atomic E-state index is 0.00234. The number of ether oxygens (including phenoxy) is 1. The van der Waals surface area contributed by atoms with E-state index in [-0.39, 0.29) is 22.6 Å². The molecule has 0 fully saturated rings. The molecular formula is C15H12F2N2O3. The first-order valence-corrected chi connectivity index (χ1v) is 6.16. The smallest absolute Gasteiger partial charge is 0.259 e. The number of carbonyl (C=O) groups is 2. The van der Waals surface area contributed by atoms with Gasteiger partial charge in [-0.3, -0.25) is 9.59 Å². The van der Waals surface area contributed by atoms with Crippen LogP contribution >= 0.6 is 0 Å². The van der Waals surface area contributed by atoms with E-state index in [1.165, 1.54) is 25.3 Å². The van der Waals surface area contributed by atoms with E-state index in [4.69, 9.17) is 10.5 Å². The summed E-state index contributed by atoms with van der Waals surface area (Å²) in [6.45, 7) is 0. The van der Waals surface area contributed by atoms with Crippen LogP contribution in [0.2, 0.25) is 0 Å². The number of carbonyl (C=O) groups excluding carboxylic acids is 2. The van der Waals surface area contributed by atoms with Gasteiger partial charge in [0.1, 0.15) is 17.4 Å². The SMILES string of the molecule is COc1ccc(C(N)=O)cc1C(=O)Nc1ccc(F)cc1F. The van der Waals surface area contributed by atoms with Gasteiger partial charge in [-0.05, 0) is 30.3 Å². The van der Waals surface area contributed by atoms with Gasteiger partial charge >= 0.3 is 0 Å². The van der Waals surface area contributed by atoms with Gasteiger partial charge in [-0.15, -0.1) is 0 Å². The molecule has 0 radical (unpaired) electrons. The molecule has 0 heterocycles. The summed E-state index contributed by atoms with van der Waals surface area (Å²) in [4.78, 5) is 23.4. The van der Waals surface area contributed by atoms with Gasteiger partial charge < -0.3 is 15.8 Å². The van der Waals surface area contributed by atoms with Crippen LogP contribution in [-0.4, -0.2) is 18.9 Å². The van der Waals surface area contributed by atoms with Crippen LogP contribution in [0.4, 0.5) is 14.5 Å². The molecule has 0 aliphatic rings. The molecular weight excluding hydrogens is 294 g/mol. The largest absolute Gasteiger partial charge is 0.496 e. The first-order valence-electron chi connectivity index (χ1n) is 6.16. The number of nitrogens with two attached hydrogens (primary N) is 1. The molecule has 3 N–H and O–H groups in total. The van der Waals surface area contributed by atoms with Crippen molar-refractivity contribution in [1.29, 1.82) is 0 Å². The van der Waals surface area contributed by atoms with Gasteiger partial charge in [0.15, 0.2) is 0 Å². The highest BCUT2D eigenvalue weighted by atomic mass is 19.1. The minimum atomic E-state index is -0.918. The number of methoxy groups -OCH3 is 1. The van der Waals surface area contributed by atoms with Crippen molar-refractivity contribution in [3.05, 3.63) is 59.2 Å². The monoisotopic (exact) mass is 306 g/mol. The van der Waals surface area contributed by atoms with Gasteiger partial charge in [0.05, 0.1) is 18.4 Å². The van der Waals surface area contributed by atoms with E-state index in [0.29, 0.717) is 6.07 Å². The molecule has 2 amide bonds. The number of amides is 2. The molecule has 0 bridgehead atoms. The standard InChI is InChI=1S/C15H12F2N2O3/c1-22-13-5-2-8(14(18)20)6-10(13)15(21)19-12-4-3-9(16)7-11(12)17/h2-7H,1H3,(H2,18,20)(H,19,21). The second kappa shape index (κ2) is 6.21. The maximum absolute atomic E-state index is 13.6. The Morgan fingerprint density at radius 3 is 2.45 bits per heavy atom. The van der Waals surface area contributed by atoms with Crippen molar-refractivity contribution in [2.45, 2.75) is 0 Å². The van der Waals surface area contributed by atoms with Crippen molar-refractivity contribution in [1.82, 2.24) is 0 Å². The number of anilines is 1. The summed E-state index contributed by atoms with van der Waals surface area (Å²) < 4.78 is 31.4. The van der Waals surface area contributed by atoms with Gasteiger partial charge in [-0.1, -0.05) is 0 Å². The van der Waals surface area contributed by atoms with Gasteiger partial charge in [-0.25, -0.2) is 8.78 Å². The Bertz CT molecular complexity index is 748. The second-order valence-electron chi connectivity index (χ2n) is 4.36. The van der Waals surface area contributed by atoms with Crippen LogP contribution in [0.25, 0.3) is 0 Å². The van der Waals surface area contributed by atoms with Crippen LogP contribution < -0.4 is 15.8 Å². The van der Waals surface area contributed by atoms with Gasteiger partial charge in [0, 0.05) is 11.6 Å². The predicted molar refractivity (Wildman–Crippen MR) is 75.8 cm³/mol. The fourth-order valence-corrected chi connectivity index (χ4v) is 1.82. The third-order valence-corrected chi connectivity index (χ3v) is 2.91. The van der Waals surface area contributed by atoms with Crippen molar-refractivity contribution >= 4 is 17.5 Å². The Balaban J connectivity index is 2.35. The summed E-state index contributed by atoms with van der Waals surface area (Å²) in [5, 5.41) is 2.28. The van der Waals surface area contributed by atoms with Gasteiger partial charge in [0.25, 0.3) is 5.91 Å². The Morgan fingerprint density at radius 2 is 1.86 bits per heavy atom. The van der Waals surface area contributed by atoms with Gasteiger partial charge in [-0.2, -0.15) is 0 Å². The van der Waals surface area contributed by atoms with E-state index in [2.05, 4.69) is 5.32 Å². The molecule has 0 aliphatic carbocycles. The molecule has 5 nitrogen and oxygen atoms in total. The molecule has 0 spiro atoms. The third-order valence-electron chi connectivity index (χ3n) is 2.91. The zero-order valence-corrected chi connectivity index (χ0v) is 11.5. The summed E-state index contributed by atoms with van der Waals surface area (Å²) in [5.74, 6) is -2.93. The summed E-state index contributed by atoms with van der Waals surface area (Å²) in [6, 6.07) is 6.78. The lowest BCUT2D eigenvalue weighted by molar-refractivity contribution is 0.1000. The normalized spacial score (nSPS) is 10.1. The Labute approximate surface area is 124 Å². The zero-order valence-electron chi connectivity index (χ0n) is 11.5. The number of hydrogen-bond donors (Lipinski definition) is 2. The van der Waals surface area contributed by atoms with Crippen molar-refractivity contribution < 1.29 is 23.1 Å². The Morgan fingerprint density at radius 1 is 1.14 bits per heavy atom. The second-order valence-corrected chi connectivity index (χ2v) is 4.36. The first kappa shape index (κ1) is 15.4. The highest BCUT2D eigenvalue weighted by Gasteiger charge is 2.16. The number of halogens is 2. The van der Waals surface area contributed by atoms with E-state index in [1.807, 2.05) is 0 Å². The third kappa shape index (κ3) is 3.20. The molecule has 0 atom stereocenters. The summed E-state index contributed by atoms with van der Waals surface area (Å²) >= 11 is 0. The number of benzene rings is 2. The van der Waals surface area contributed by atoms with Gasteiger partial charge in [0.2, 0.25) is 5.91 Å². The van der Waals surface area contributed by atoms with E-state index >= 15 is 0 Å². The van der Waals surface area contributed by atoms with Crippen molar-refractivity contribution in [3.8, 4) is 5.75 Å². The summed E-state index contributed by atoms with van der Waals surface area (Å²) in [5.41, 5.74) is 5.06. The maximum atomic E-state index is 13.6. The quantitative estimate of drug-likeness (QED) is 0.909. The number of hydrogen-bond acceptors (Lipinski definition) is 3. The van der Waals surface area contributed by atoms with Crippen LogP contribution in [0.15, 0.2) is 36.4 Å². The molecule has 0 aliphatic heterocycles. The first-order chi connectivity index (χ1) is 10.4. The topological polar surface area (TPSA) is 81.4 Å². The highest BCUT2D eigenvalue weighted by Crippen LogP contribution is 2.22. The van der Waals surface area contributed by atoms with Crippen LogP contribution in [-0.2, 0) is 0 Å². The molecule has 7 heteroatoms. The molecule has 22 heavy (non-hydrogen) atoms. The van der Waals surface area contributed by atoms with Crippen molar-refractivity contribution in [2.24, 2.45) is 5.73 Å². The minimum Gasteiger partial charge on any atom is -0.496 e. The summed E-state index contributed by atoms with van der Waals surface area (Å²) in [7, 11) is 1.34. The lowest BCUT2D eigenvalue weighted by Gasteiger charge is -2.11. The highest BCUT2D eigenvalue weighted by molar-refractivity contribution is 6.08. The molecule has 2 aromatic carbocycles. The van der Waals surface area contributed by atoms with E-state index in [1.54, 1.807) is 0 Å². The average molecular weight is 306 g/mol. The molecule has 2 rings (SSSR count). The molecule has 2 aromatic rings. The molecule has 0 saturated heterocycles. The molecule has 0 aromatic heterocycles. The van der Waals surface area contributed by atoms with Crippen molar-refractivity contribution in [2.75, 3.05) is 12.4 Å². The molecule has 0 saturated carbocycles. The zero-order chi connectivity index (χ0) is 16.3. The number of rotatable bonds is 4. The predicted octanol–water partition coefficient (Wildman–Crippen LogP) is 2.32. The lowest BCUT2D eigenvalue weighted by atomic mass is 10.1. The average Bonchev–Trinajstić information content (AvgIpc) is 2.49. The fraction of sp³-hybridized carbons (Fsp3) is 0.0667. The van der Waals surface area contributed by atoms with Crippen LogP contribution in [0.3, 0.4) is 0 Å². The van der Waals surface area contributed by atoms with Crippen LogP contribution in [0, 0.1) is 11.6 Å². The lowest BCUT2D eigenvalue weighted by Crippen LogP contribution is -2.17. The number of primary amides is 1. The van der Waals surface area contributed by atoms with Crippen LogP contribution in [0.5, 0.6) is 5.75 Å². The Hall–Kier alpha value is -2.96.